The maximum atomic E-state index is 13.0. The Hall–Kier alpha value is -2.07. The number of rotatable bonds is 5. The molecule has 110 valence electrons. The summed E-state index contributed by atoms with van der Waals surface area (Å²) in [6, 6.07) is 8.91. The van der Waals surface area contributed by atoms with E-state index < -0.39 is 5.82 Å². The molecule has 2 aromatic rings. The second kappa shape index (κ2) is 6.59. The fourth-order valence-electron chi connectivity index (χ4n) is 1.91. The molecule has 0 aliphatic rings. The van der Waals surface area contributed by atoms with Crippen molar-refractivity contribution in [2.75, 3.05) is 14.2 Å². The van der Waals surface area contributed by atoms with Gasteiger partial charge in [-0.25, -0.2) is 4.39 Å². The molecule has 3 nitrogen and oxygen atoms in total. The maximum absolute atomic E-state index is 13.0. The first-order valence-corrected chi connectivity index (χ1v) is 6.61. The van der Waals surface area contributed by atoms with E-state index in [-0.39, 0.29) is 17.2 Å². The van der Waals surface area contributed by atoms with Crippen LogP contribution in [-0.2, 0) is 6.42 Å². The standard InChI is InChI=1S/C16H14ClFO3/c1-20-13-5-11(6-14(9-13)21-2)16(19)7-10-3-4-12(18)8-15(10)17/h3-6,8-9H,7H2,1-2H3. The summed E-state index contributed by atoms with van der Waals surface area (Å²) in [4.78, 5) is 12.3. The van der Waals surface area contributed by atoms with Gasteiger partial charge in [0.2, 0.25) is 0 Å². The van der Waals surface area contributed by atoms with Crippen LogP contribution < -0.4 is 9.47 Å². The Kier molecular flexibility index (Phi) is 4.81. The van der Waals surface area contributed by atoms with E-state index in [0.29, 0.717) is 22.6 Å². The van der Waals surface area contributed by atoms with Crippen molar-refractivity contribution < 1.29 is 18.7 Å². The molecule has 0 aromatic heterocycles. The Balaban J connectivity index is 2.27. The Morgan fingerprint density at radius 3 is 2.24 bits per heavy atom. The molecule has 2 rings (SSSR count). The highest BCUT2D eigenvalue weighted by Gasteiger charge is 2.13. The third-order valence-corrected chi connectivity index (χ3v) is 3.39. The van der Waals surface area contributed by atoms with Crippen molar-refractivity contribution >= 4 is 17.4 Å². The number of benzene rings is 2. The highest BCUT2D eigenvalue weighted by Crippen LogP contribution is 2.25. The van der Waals surface area contributed by atoms with Crippen molar-refractivity contribution in [2.24, 2.45) is 0 Å². The van der Waals surface area contributed by atoms with Crippen LogP contribution >= 0.6 is 11.6 Å². The first kappa shape index (κ1) is 15.3. The van der Waals surface area contributed by atoms with Crippen LogP contribution in [0.25, 0.3) is 0 Å². The van der Waals surface area contributed by atoms with Gasteiger partial charge in [-0.2, -0.15) is 0 Å². The van der Waals surface area contributed by atoms with E-state index >= 15 is 0 Å². The van der Waals surface area contributed by atoms with Gasteiger partial charge in [0.1, 0.15) is 17.3 Å². The average Bonchev–Trinajstić information content (AvgIpc) is 2.49. The molecule has 0 spiro atoms. The third kappa shape index (κ3) is 3.73. The number of methoxy groups -OCH3 is 2. The molecule has 5 heteroatoms. The van der Waals surface area contributed by atoms with Crippen molar-refractivity contribution in [1.82, 2.24) is 0 Å². The zero-order valence-electron chi connectivity index (χ0n) is 11.7. The lowest BCUT2D eigenvalue weighted by molar-refractivity contribution is 0.0992. The third-order valence-electron chi connectivity index (χ3n) is 3.04. The molecule has 0 N–H and O–H groups in total. The molecule has 0 amide bonds. The predicted molar refractivity (Wildman–Crippen MR) is 79.0 cm³/mol. The molecule has 0 saturated heterocycles. The van der Waals surface area contributed by atoms with Gasteiger partial charge in [-0.05, 0) is 29.8 Å². The Morgan fingerprint density at radius 1 is 1.10 bits per heavy atom. The molecule has 0 radical (unpaired) electrons. The Labute approximate surface area is 127 Å². The zero-order valence-corrected chi connectivity index (χ0v) is 12.4. The van der Waals surface area contributed by atoms with Crippen molar-refractivity contribution in [2.45, 2.75) is 6.42 Å². The van der Waals surface area contributed by atoms with Crippen molar-refractivity contribution in [3.05, 3.63) is 58.4 Å². The van der Waals surface area contributed by atoms with Gasteiger partial charge in [0.25, 0.3) is 0 Å². The number of ketones is 1. The van der Waals surface area contributed by atoms with Crippen LogP contribution in [-0.4, -0.2) is 20.0 Å². The predicted octanol–water partition coefficient (Wildman–Crippen LogP) is 3.92. The normalized spacial score (nSPS) is 10.3. The molecule has 0 atom stereocenters. The quantitative estimate of drug-likeness (QED) is 0.785. The van der Waals surface area contributed by atoms with Crippen molar-refractivity contribution in [3.8, 4) is 11.5 Å². The van der Waals surface area contributed by atoms with E-state index in [4.69, 9.17) is 21.1 Å². The largest absolute Gasteiger partial charge is 0.497 e. The van der Waals surface area contributed by atoms with Gasteiger partial charge < -0.3 is 9.47 Å². The van der Waals surface area contributed by atoms with Crippen LogP contribution in [0.3, 0.4) is 0 Å². The number of hydrogen-bond acceptors (Lipinski definition) is 3. The SMILES string of the molecule is COc1cc(OC)cc(C(=O)Cc2ccc(F)cc2Cl)c1. The zero-order chi connectivity index (χ0) is 15.4. The molecule has 0 saturated carbocycles. The molecule has 0 bridgehead atoms. The Bertz CT molecular complexity index is 648. The molecule has 2 aromatic carbocycles. The number of carbonyl (C=O) groups excluding carboxylic acids is 1. The van der Waals surface area contributed by atoms with Crippen LogP contribution in [0.5, 0.6) is 11.5 Å². The van der Waals surface area contributed by atoms with Crippen LogP contribution in [0.2, 0.25) is 5.02 Å². The average molecular weight is 309 g/mol. The molecule has 21 heavy (non-hydrogen) atoms. The fourth-order valence-corrected chi connectivity index (χ4v) is 2.14. The lowest BCUT2D eigenvalue weighted by Crippen LogP contribution is -2.05. The lowest BCUT2D eigenvalue weighted by atomic mass is 10.0. The summed E-state index contributed by atoms with van der Waals surface area (Å²) in [7, 11) is 3.03. The van der Waals surface area contributed by atoms with Gasteiger partial charge in [-0.1, -0.05) is 17.7 Å². The van der Waals surface area contributed by atoms with E-state index in [0.717, 1.165) is 0 Å². The molecule has 0 heterocycles. The van der Waals surface area contributed by atoms with Gasteiger partial charge in [0.15, 0.2) is 5.78 Å². The van der Waals surface area contributed by atoms with E-state index in [1.54, 1.807) is 18.2 Å². The van der Waals surface area contributed by atoms with E-state index in [1.807, 2.05) is 0 Å². The van der Waals surface area contributed by atoms with Crippen molar-refractivity contribution in [1.29, 1.82) is 0 Å². The Morgan fingerprint density at radius 2 is 1.71 bits per heavy atom. The van der Waals surface area contributed by atoms with Crippen LogP contribution in [0.4, 0.5) is 4.39 Å². The van der Waals surface area contributed by atoms with Gasteiger partial charge >= 0.3 is 0 Å². The number of Topliss-reactive ketones (excluding diaryl/α,β-unsaturated/α-hetero) is 1. The lowest BCUT2D eigenvalue weighted by Gasteiger charge is -2.08. The number of carbonyl (C=O) groups is 1. The number of ether oxygens (including phenoxy) is 2. The number of halogens is 2. The minimum atomic E-state index is -0.431. The highest BCUT2D eigenvalue weighted by molar-refractivity contribution is 6.31. The maximum Gasteiger partial charge on any atom is 0.167 e. The van der Waals surface area contributed by atoms with E-state index in [9.17, 15) is 9.18 Å². The van der Waals surface area contributed by atoms with Gasteiger partial charge in [-0.15, -0.1) is 0 Å². The second-order valence-corrected chi connectivity index (χ2v) is 4.84. The summed E-state index contributed by atoms with van der Waals surface area (Å²) in [6.07, 6.45) is 0.0788. The summed E-state index contributed by atoms with van der Waals surface area (Å²) in [5.74, 6) is 0.478. The monoisotopic (exact) mass is 308 g/mol. The fraction of sp³-hybridized carbons (Fsp3) is 0.188. The van der Waals surface area contributed by atoms with Gasteiger partial charge in [-0.3, -0.25) is 4.79 Å². The molecule has 0 fully saturated rings. The molecule has 0 aliphatic carbocycles. The molecule has 0 aliphatic heterocycles. The highest BCUT2D eigenvalue weighted by atomic mass is 35.5. The first-order valence-electron chi connectivity index (χ1n) is 6.23. The minimum Gasteiger partial charge on any atom is -0.497 e. The molecular formula is C16H14ClFO3. The summed E-state index contributed by atoms with van der Waals surface area (Å²) in [5.41, 5.74) is 1.02. The summed E-state index contributed by atoms with van der Waals surface area (Å²) in [6.45, 7) is 0. The van der Waals surface area contributed by atoms with Crippen molar-refractivity contribution in [3.63, 3.8) is 0 Å². The first-order chi connectivity index (χ1) is 10.0. The van der Waals surface area contributed by atoms with E-state index in [2.05, 4.69) is 0 Å². The van der Waals surface area contributed by atoms with Crippen LogP contribution in [0, 0.1) is 5.82 Å². The second-order valence-electron chi connectivity index (χ2n) is 4.44. The van der Waals surface area contributed by atoms with Crippen LogP contribution in [0.15, 0.2) is 36.4 Å². The van der Waals surface area contributed by atoms with Crippen LogP contribution in [0.1, 0.15) is 15.9 Å². The number of hydrogen-bond donors (Lipinski definition) is 0. The topological polar surface area (TPSA) is 35.5 Å². The summed E-state index contributed by atoms with van der Waals surface area (Å²) in [5, 5.41) is 0.234. The van der Waals surface area contributed by atoms with Gasteiger partial charge in [0.05, 0.1) is 14.2 Å². The smallest absolute Gasteiger partial charge is 0.167 e. The summed E-state index contributed by atoms with van der Waals surface area (Å²) < 4.78 is 23.3. The molecular weight excluding hydrogens is 295 g/mol. The van der Waals surface area contributed by atoms with Gasteiger partial charge in [0, 0.05) is 23.1 Å². The van der Waals surface area contributed by atoms with E-state index in [1.165, 1.54) is 32.4 Å². The summed E-state index contributed by atoms with van der Waals surface area (Å²) >= 11 is 5.94. The minimum absolute atomic E-state index is 0.0788. The molecule has 0 unspecified atom stereocenters.